The van der Waals surface area contributed by atoms with E-state index in [1.165, 1.54) is 18.3 Å². The molecule has 0 unspecified atom stereocenters. The molecule has 8 heteroatoms. The number of aromatic carboxylic acids is 1. The van der Waals surface area contributed by atoms with Crippen LogP contribution in [0.4, 0.5) is 10.1 Å². The van der Waals surface area contributed by atoms with Crippen molar-refractivity contribution in [3.8, 4) is 21.6 Å². The Labute approximate surface area is 150 Å². The van der Waals surface area contributed by atoms with Gasteiger partial charge in [-0.2, -0.15) is 4.39 Å². The van der Waals surface area contributed by atoms with Crippen LogP contribution in [0.15, 0.2) is 36.5 Å². The fraction of sp³-hybridized carbons (Fsp3) is 0. The Morgan fingerprint density at radius 1 is 1.25 bits per heavy atom. The molecule has 3 aromatic rings. The van der Waals surface area contributed by atoms with E-state index in [0.717, 1.165) is 11.3 Å². The van der Waals surface area contributed by atoms with Gasteiger partial charge in [0.05, 0.1) is 15.6 Å². The standard InChI is InChI=1S/C16H9Cl2FN2O2S/c17-8-1-2-9(10(18)6-8)12-13(20)14(24-15(12)16(22)23)7-3-4-21-11(19)5-7/h1-6H,20H2,(H,22,23). The second-order valence-electron chi connectivity index (χ2n) is 4.85. The minimum absolute atomic E-state index is 0.0175. The largest absolute Gasteiger partial charge is 0.477 e. The molecule has 0 spiro atoms. The van der Waals surface area contributed by atoms with Crippen molar-refractivity contribution in [1.82, 2.24) is 4.98 Å². The average Bonchev–Trinajstić information content (AvgIpc) is 2.85. The summed E-state index contributed by atoms with van der Waals surface area (Å²) in [7, 11) is 0. The van der Waals surface area contributed by atoms with E-state index >= 15 is 0 Å². The summed E-state index contributed by atoms with van der Waals surface area (Å²) >= 11 is 13.0. The average molecular weight is 383 g/mol. The topological polar surface area (TPSA) is 76.2 Å². The molecule has 0 fully saturated rings. The van der Waals surface area contributed by atoms with Gasteiger partial charge in [0.1, 0.15) is 4.88 Å². The normalized spacial score (nSPS) is 10.8. The third kappa shape index (κ3) is 2.96. The molecule has 24 heavy (non-hydrogen) atoms. The van der Waals surface area contributed by atoms with Crippen molar-refractivity contribution in [2.75, 3.05) is 5.73 Å². The lowest BCUT2D eigenvalue weighted by molar-refractivity contribution is 0.0703. The summed E-state index contributed by atoms with van der Waals surface area (Å²) in [4.78, 5) is 15.6. The minimum Gasteiger partial charge on any atom is -0.477 e. The van der Waals surface area contributed by atoms with E-state index in [4.69, 9.17) is 28.9 Å². The SMILES string of the molecule is Nc1c(-c2ccnc(F)c2)sc(C(=O)O)c1-c1ccc(Cl)cc1Cl. The van der Waals surface area contributed by atoms with Gasteiger partial charge in [0.2, 0.25) is 5.95 Å². The second-order valence-corrected chi connectivity index (χ2v) is 6.71. The van der Waals surface area contributed by atoms with Gasteiger partial charge in [-0.1, -0.05) is 29.3 Å². The van der Waals surface area contributed by atoms with E-state index < -0.39 is 11.9 Å². The number of nitrogens with two attached hydrogens (primary N) is 1. The Morgan fingerprint density at radius 2 is 2.00 bits per heavy atom. The van der Waals surface area contributed by atoms with Crippen molar-refractivity contribution in [3.63, 3.8) is 0 Å². The minimum atomic E-state index is -1.14. The van der Waals surface area contributed by atoms with Crippen LogP contribution in [0.3, 0.4) is 0 Å². The summed E-state index contributed by atoms with van der Waals surface area (Å²) in [5, 5.41) is 10.2. The summed E-state index contributed by atoms with van der Waals surface area (Å²) in [6.45, 7) is 0. The molecule has 0 radical (unpaired) electrons. The van der Waals surface area contributed by atoms with Crippen LogP contribution in [-0.4, -0.2) is 16.1 Å². The van der Waals surface area contributed by atoms with Crippen LogP contribution in [0, 0.1) is 5.95 Å². The van der Waals surface area contributed by atoms with Gasteiger partial charge in [-0.25, -0.2) is 9.78 Å². The Morgan fingerprint density at radius 3 is 2.62 bits per heavy atom. The first-order chi connectivity index (χ1) is 11.4. The molecule has 2 aromatic heterocycles. The lowest BCUT2D eigenvalue weighted by atomic mass is 10.0. The quantitative estimate of drug-likeness (QED) is 0.610. The van der Waals surface area contributed by atoms with Gasteiger partial charge in [0.25, 0.3) is 0 Å². The number of hydrogen-bond donors (Lipinski definition) is 2. The second kappa shape index (κ2) is 6.39. The summed E-state index contributed by atoms with van der Waals surface area (Å²) in [5.74, 6) is -1.82. The highest BCUT2D eigenvalue weighted by molar-refractivity contribution is 7.18. The molecule has 0 amide bonds. The number of carboxylic acid groups (broad SMARTS) is 1. The Hall–Kier alpha value is -2.15. The lowest BCUT2D eigenvalue weighted by Crippen LogP contribution is -1.97. The monoisotopic (exact) mass is 382 g/mol. The number of carbonyl (C=O) groups is 1. The van der Waals surface area contributed by atoms with Crippen LogP contribution in [0.1, 0.15) is 9.67 Å². The molecule has 0 aliphatic rings. The molecule has 0 saturated heterocycles. The number of carboxylic acids is 1. The van der Waals surface area contributed by atoms with E-state index in [1.54, 1.807) is 18.2 Å². The zero-order valence-electron chi connectivity index (χ0n) is 11.9. The Balaban J connectivity index is 2.28. The van der Waals surface area contributed by atoms with Crippen molar-refractivity contribution < 1.29 is 14.3 Å². The molecule has 0 atom stereocenters. The molecule has 122 valence electrons. The molecule has 0 aliphatic heterocycles. The highest BCUT2D eigenvalue weighted by Gasteiger charge is 2.24. The van der Waals surface area contributed by atoms with E-state index in [1.807, 2.05) is 0 Å². The van der Waals surface area contributed by atoms with Crippen molar-refractivity contribution in [2.45, 2.75) is 0 Å². The first-order valence-corrected chi connectivity index (χ1v) is 8.18. The number of halogens is 3. The van der Waals surface area contributed by atoms with Crippen molar-refractivity contribution in [2.24, 2.45) is 0 Å². The zero-order valence-corrected chi connectivity index (χ0v) is 14.2. The highest BCUT2D eigenvalue weighted by Crippen LogP contribution is 2.46. The number of thiophene rings is 1. The molecule has 3 N–H and O–H groups in total. The number of rotatable bonds is 3. The molecule has 1 aromatic carbocycles. The summed E-state index contributed by atoms with van der Waals surface area (Å²) < 4.78 is 13.4. The van der Waals surface area contributed by atoms with Gasteiger partial charge < -0.3 is 10.8 Å². The van der Waals surface area contributed by atoms with Gasteiger partial charge >= 0.3 is 5.97 Å². The fourth-order valence-electron chi connectivity index (χ4n) is 2.31. The van der Waals surface area contributed by atoms with Crippen LogP contribution in [-0.2, 0) is 0 Å². The van der Waals surface area contributed by atoms with E-state index in [-0.39, 0.29) is 15.6 Å². The third-order valence-corrected chi connectivity index (χ3v) is 5.12. The maximum absolute atomic E-state index is 13.4. The third-order valence-electron chi connectivity index (χ3n) is 3.33. The van der Waals surface area contributed by atoms with Gasteiger partial charge in [-0.3, -0.25) is 0 Å². The van der Waals surface area contributed by atoms with Gasteiger partial charge in [0, 0.05) is 28.4 Å². The maximum atomic E-state index is 13.4. The molecule has 4 nitrogen and oxygen atoms in total. The summed E-state index contributed by atoms with van der Waals surface area (Å²) in [6.07, 6.45) is 1.29. The highest BCUT2D eigenvalue weighted by atomic mass is 35.5. The Bertz CT molecular complexity index is 959. The maximum Gasteiger partial charge on any atom is 0.346 e. The van der Waals surface area contributed by atoms with Crippen LogP contribution in [0.2, 0.25) is 10.0 Å². The number of pyridine rings is 1. The molecule has 3 rings (SSSR count). The van der Waals surface area contributed by atoms with Crippen LogP contribution in [0.5, 0.6) is 0 Å². The van der Waals surface area contributed by atoms with Crippen molar-refractivity contribution in [3.05, 3.63) is 57.4 Å². The van der Waals surface area contributed by atoms with Crippen molar-refractivity contribution >= 4 is 46.2 Å². The van der Waals surface area contributed by atoms with Crippen molar-refractivity contribution in [1.29, 1.82) is 0 Å². The lowest BCUT2D eigenvalue weighted by Gasteiger charge is -2.07. The number of aromatic nitrogens is 1. The number of nitrogens with zero attached hydrogens (tertiary/aromatic N) is 1. The number of nitrogen functional groups attached to an aromatic ring is 1. The molecule has 0 bridgehead atoms. The number of benzene rings is 1. The number of anilines is 1. The van der Waals surface area contributed by atoms with Crippen LogP contribution < -0.4 is 5.73 Å². The van der Waals surface area contributed by atoms with Gasteiger partial charge in [0.15, 0.2) is 0 Å². The predicted molar refractivity (Wildman–Crippen MR) is 94.3 cm³/mol. The molecule has 2 heterocycles. The predicted octanol–water partition coefficient (Wildman–Crippen LogP) is 5.20. The zero-order chi connectivity index (χ0) is 17.4. The van der Waals surface area contributed by atoms with E-state index in [2.05, 4.69) is 4.98 Å². The number of hydrogen-bond acceptors (Lipinski definition) is 4. The molecule has 0 saturated carbocycles. The van der Waals surface area contributed by atoms with Gasteiger partial charge in [-0.05, 0) is 23.8 Å². The molecular weight excluding hydrogens is 374 g/mol. The summed E-state index contributed by atoms with van der Waals surface area (Å²) in [5.41, 5.74) is 7.58. The first kappa shape index (κ1) is 16.7. The van der Waals surface area contributed by atoms with Crippen LogP contribution >= 0.6 is 34.5 Å². The van der Waals surface area contributed by atoms with Gasteiger partial charge in [-0.15, -0.1) is 11.3 Å². The van der Waals surface area contributed by atoms with E-state index in [9.17, 15) is 14.3 Å². The van der Waals surface area contributed by atoms with E-state index in [0.29, 0.717) is 26.6 Å². The molecular formula is C16H9Cl2FN2O2S. The smallest absolute Gasteiger partial charge is 0.346 e. The van der Waals surface area contributed by atoms with Crippen LogP contribution in [0.25, 0.3) is 21.6 Å². The fourth-order valence-corrected chi connectivity index (χ4v) is 3.89. The summed E-state index contributed by atoms with van der Waals surface area (Å²) in [6, 6.07) is 7.46. The molecule has 0 aliphatic carbocycles. The first-order valence-electron chi connectivity index (χ1n) is 6.61. The Kier molecular flexibility index (Phi) is 4.45.